The summed E-state index contributed by atoms with van der Waals surface area (Å²) in [5.74, 6) is 0.673. The van der Waals surface area contributed by atoms with Gasteiger partial charge in [0.2, 0.25) is 5.91 Å². The van der Waals surface area contributed by atoms with Gasteiger partial charge in [-0.25, -0.2) is 0 Å². The lowest BCUT2D eigenvalue weighted by Crippen LogP contribution is -2.53. The molecule has 4 heterocycles. The second-order valence-corrected chi connectivity index (χ2v) is 7.15. The van der Waals surface area contributed by atoms with Crippen molar-refractivity contribution in [1.29, 1.82) is 0 Å². The van der Waals surface area contributed by atoms with Crippen molar-refractivity contribution < 1.29 is 18.7 Å². The molecule has 0 saturated carbocycles. The smallest absolute Gasteiger partial charge is 0.289 e. The van der Waals surface area contributed by atoms with Gasteiger partial charge in [0.1, 0.15) is 5.76 Å². The fraction of sp³-hybridized carbons (Fsp3) is 0.450. The number of ether oxygens (including phenoxy) is 1. The summed E-state index contributed by atoms with van der Waals surface area (Å²) in [4.78, 5) is 31.4. The number of pyridine rings is 1. The van der Waals surface area contributed by atoms with Crippen LogP contribution in [0.3, 0.4) is 0 Å². The summed E-state index contributed by atoms with van der Waals surface area (Å²) < 4.78 is 11.4. The predicted octanol–water partition coefficient (Wildman–Crippen LogP) is 2.49. The first kappa shape index (κ1) is 17.7. The maximum absolute atomic E-state index is 12.9. The van der Waals surface area contributed by atoms with Crippen LogP contribution in [0.1, 0.15) is 29.2 Å². The topological polar surface area (TPSA) is 84.7 Å². The first-order valence-corrected chi connectivity index (χ1v) is 9.30. The normalized spacial score (nSPS) is 24.9. The molecule has 0 aliphatic carbocycles. The third kappa shape index (κ3) is 3.73. The van der Waals surface area contributed by atoms with Gasteiger partial charge >= 0.3 is 0 Å². The lowest BCUT2D eigenvalue weighted by atomic mass is 9.79. The van der Waals surface area contributed by atoms with E-state index in [1.807, 2.05) is 13.0 Å². The van der Waals surface area contributed by atoms with E-state index in [0.29, 0.717) is 43.3 Å². The first-order chi connectivity index (χ1) is 13.1. The quantitative estimate of drug-likeness (QED) is 0.898. The summed E-state index contributed by atoms with van der Waals surface area (Å²) in [6.45, 7) is 3.49. The number of carbonyl (C=O) groups is 2. The van der Waals surface area contributed by atoms with Gasteiger partial charge in [-0.05, 0) is 44.0 Å². The Morgan fingerprint density at radius 3 is 2.89 bits per heavy atom. The highest BCUT2D eigenvalue weighted by Crippen LogP contribution is 2.34. The van der Waals surface area contributed by atoms with Gasteiger partial charge in [0, 0.05) is 37.7 Å². The van der Waals surface area contributed by atoms with E-state index in [1.54, 1.807) is 35.5 Å². The van der Waals surface area contributed by atoms with Crippen LogP contribution < -0.4 is 5.32 Å². The standard InChI is InChI=1S/C20H23N3O4/c1-13-4-5-18(27-13)20(25)23-9-6-17-16(12-23)15(7-10-26-17)19(24)22-14-3-2-8-21-11-14/h2-5,8,11,15-17H,6-7,9-10,12H2,1H3,(H,22,24)/t15-,16+,17-/m1/s1. The van der Waals surface area contributed by atoms with Crippen molar-refractivity contribution in [3.05, 3.63) is 48.2 Å². The van der Waals surface area contributed by atoms with Crippen LogP contribution in [0, 0.1) is 18.8 Å². The van der Waals surface area contributed by atoms with Crippen molar-refractivity contribution >= 4 is 17.5 Å². The van der Waals surface area contributed by atoms with E-state index in [-0.39, 0.29) is 29.8 Å². The molecule has 0 unspecified atom stereocenters. The molecular weight excluding hydrogens is 346 g/mol. The van der Waals surface area contributed by atoms with Crippen LogP contribution in [0.25, 0.3) is 0 Å². The Labute approximate surface area is 157 Å². The number of furan rings is 1. The van der Waals surface area contributed by atoms with Gasteiger partial charge in [0.05, 0.1) is 18.0 Å². The molecular formula is C20H23N3O4. The molecule has 0 aromatic carbocycles. The fourth-order valence-electron chi connectivity index (χ4n) is 4.00. The number of aromatic nitrogens is 1. The molecule has 2 saturated heterocycles. The minimum Gasteiger partial charge on any atom is -0.456 e. The van der Waals surface area contributed by atoms with Gasteiger partial charge in [-0.2, -0.15) is 0 Å². The number of nitrogens with one attached hydrogen (secondary N) is 1. The molecule has 2 aliphatic rings. The largest absolute Gasteiger partial charge is 0.456 e. The number of hydrogen-bond acceptors (Lipinski definition) is 5. The second kappa shape index (κ2) is 7.52. The highest BCUT2D eigenvalue weighted by atomic mass is 16.5. The zero-order chi connectivity index (χ0) is 18.8. The molecule has 2 amide bonds. The average Bonchev–Trinajstić information content (AvgIpc) is 3.13. The third-order valence-electron chi connectivity index (χ3n) is 5.37. The Hall–Kier alpha value is -2.67. The van der Waals surface area contributed by atoms with E-state index >= 15 is 0 Å². The Morgan fingerprint density at radius 1 is 1.26 bits per heavy atom. The molecule has 142 valence electrons. The number of piperidine rings is 1. The number of likely N-dealkylation sites (tertiary alicyclic amines) is 1. The average molecular weight is 369 g/mol. The third-order valence-corrected chi connectivity index (χ3v) is 5.37. The van der Waals surface area contributed by atoms with Crippen LogP contribution in [-0.2, 0) is 9.53 Å². The summed E-state index contributed by atoms with van der Waals surface area (Å²) >= 11 is 0. The summed E-state index contributed by atoms with van der Waals surface area (Å²) in [5.41, 5.74) is 0.681. The van der Waals surface area contributed by atoms with Crippen molar-refractivity contribution in [3.8, 4) is 0 Å². The number of anilines is 1. The lowest BCUT2D eigenvalue weighted by Gasteiger charge is -2.44. The van der Waals surface area contributed by atoms with Gasteiger partial charge in [-0.15, -0.1) is 0 Å². The number of carbonyl (C=O) groups excluding carboxylic acids is 2. The molecule has 2 aliphatic heterocycles. The van der Waals surface area contributed by atoms with Gasteiger partial charge in [-0.1, -0.05) is 0 Å². The SMILES string of the molecule is Cc1ccc(C(=O)N2CC[C@H]3OCC[C@@H](C(=O)Nc4cccnc4)[C@@H]3C2)o1. The monoisotopic (exact) mass is 369 g/mol. The van der Waals surface area contributed by atoms with E-state index in [4.69, 9.17) is 9.15 Å². The maximum Gasteiger partial charge on any atom is 0.289 e. The molecule has 4 rings (SSSR count). The van der Waals surface area contributed by atoms with Crippen LogP contribution in [-0.4, -0.2) is 47.5 Å². The van der Waals surface area contributed by atoms with Crippen molar-refractivity contribution in [3.63, 3.8) is 0 Å². The van der Waals surface area contributed by atoms with Gasteiger partial charge in [-0.3, -0.25) is 14.6 Å². The maximum atomic E-state index is 12.9. The Morgan fingerprint density at radius 2 is 2.15 bits per heavy atom. The summed E-state index contributed by atoms with van der Waals surface area (Å²) in [6.07, 6.45) is 4.68. The second-order valence-electron chi connectivity index (χ2n) is 7.15. The van der Waals surface area contributed by atoms with Gasteiger partial charge in [0.15, 0.2) is 5.76 Å². The Bertz CT molecular complexity index is 820. The summed E-state index contributed by atoms with van der Waals surface area (Å²) in [6, 6.07) is 7.09. The van der Waals surface area contributed by atoms with Crippen molar-refractivity contribution in [2.24, 2.45) is 11.8 Å². The van der Waals surface area contributed by atoms with E-state index in [9.17, 15) is 9.59 Å². The number of aryl methyl sites for hydroxylation is 1. The van der Waals surface area contributed by atoms with Crippen LogP contribution >= 0.6 is 0 Å². The predicted molar refractivity (Wildman–Crippen MR) is 98.2 cm³/mol. The molecule has 7 heteroatoms. The Balaban J connectivity index is 1.47. The zero-order valence-electron chi connectivity index (χ0n) is 15.3. The minimum atomic E-state index is -0.196. The molecule has 0 radical (unpaired) electrons. The zero-order valence-corrected chi connectivity index (χ0v) is 15.3. The van der Waals surface area contributed by atoms with Crippen molar-refractivity contribution in [2.45, 2.75) is 25.9 Å². The van der Waals surface area contributed by atoms with E-state index < -0.39 is 0 Å². The van der Waals surface area contributed by atoms with Crippen LogP contribution in [0.2, 0.25) is 0 Å². The molecule has 7 nitrogen and oxygen atoms in total. The first-order valence-electron chi connectivity index (χ1n) is 9.30. The molecule has 1 N–H and O–H groups in total. The van der Waals surface area contributed by atoms with Crippen LogP contribution in [0.4, 0.5) is 5.69 Å². The van der Waals surface area contributed by atoms with E-state index in [2.05, 4.69) is 10.3 Å². The van der Waals surface area contributed by atoms with Crippen LogP contribution in [0.15, 0.2) is 41.1 Å². The molecule has 27 heavy (non-hydrogen) atoms. The molecule has 2 aromatic heterocycles. The highest BCUT2D eigenvalue weighted by molar-refractivity contribution is 5.93. The summed E-state index contributed by atoms with van der Waals surface area (Å²) in [5, 5.41) is 2.94. The molecule has 0 bridgehead atoms. The number of hydrogen-bond donors (Lipinski definition) is 1. The van der Waals surface area contributed by atoms with E-state index in [0.717, 1.165) is 6.42 Å². The minimum absolute atomic E-state index is 0.00536. The summed E-state index contributed by atoms with van der Waals surface area (Å²) in [7, 11) is 0. The number of rotatable bonds is 3. The molecule has 3 atom stereocenters. The molecule has 2 aromatic rings. The molecule has 2 fully saturated rings. The van der Waals surface area contributed by atoms with Crippen molar-refractivity contribution in [1.82, 2.24) is 9.88 Å². The van der Waals surface area contributed by atoms with Gasteiger partial charge < -0.3 is 19.4 Å². The fourth-order valence-corrected chi connectivity index (χ4v) is 4.00. The van der Waals surface area contributed by atoms with Gasteiger partial charge in [0.25, 0.3) is 5.91 Å². The number of fused-ring (bicyclic) bond motifs is 1. The van der Waals surface area contributed by atoms with Crippen LogP contribution in [0.5, 0.6) is 0 Å². The molecule has 0 spiro atoms. The Kier molecular flexibility index (Phi) is 4.94. The number of amides is 2. The highest BCUT2D eigenvalue weighted by Gasteiger charge is 2.43. The lowest BCUT2D eigenvalue weighted by molar-refractivity contribution is -0.135. The van der Waals surface area contributed by atoms with E-state index in [1.165, 1.54) is 0 Å². The van der Waals surface area contributed by atoms with Crippen molar-refractivity contribution in [2.75, 3.05) is 25.0 Å². The number of nitrogens with zero attached hydrogens (tertiary/aromatic N) is 2.